The highest BCUT2D eigenvalue weighted by Gasteiger charge is 2.18. The van der Waals surface area contributed by atoms with Crippen LogP contribution in [0.4, 0.5) is 5.82 Å². The Bertz CT molecular complexity index is 734. The SMILES string of the molecule is Cc1cc2ncnc(N3CCCN(CCC#N)CC3)c2cc1C. The van der Waals surface area contributed by atoms with Crippen LogP contribution >= 0.6 is 0 Å². The van der Waals surface area contributed by atoms with Crippen molar-refractivity contribution in [1.82, 2.24) is 14.9 Å². The van der Waals surface area contributed by atoms with Gasteiger partial charge in [0.25, 0.3) is 0 Å². The lowest BCUT2D eigenvalue weighted by Crippen LogP contribution is -2.31. The van der Waals surface area contributed by atoms with Crippen molar-refractivity contribution in [3.05, 3.63) is 29.6 Å². The molecule has 0 bridgehead atoms. The van der Waals surface area contributed by atoms with E-state index >= 15 is 0 Å². The second-order valence-corrected chi connectivity index (χ2v) is 6.24. The first kappa shape index (κ1) is 15.7. The number of aromatic nitrogens is 2. The van der Waals surface area contributed by atoms with Crippen molar-refractivity contribution in [3.63, 3.8) is 0 Å². The number of hydrogen-bond donors (Lipinski definition) is 0. The van der Waals surface area contributed by atoms with Crippen molar-refractivity contribution in [1.29, 1.82) is 5.26 Å². The second kappa shape index (κ2) is 6.93. The van der Waals surface area contributed by atoms with Crippen LogP contribution in [0, 0.1) is 25.2 Å². The Balaban J connectivity index is 1.86. The van der Waals surface area contributed by atoms with Crippen molar-refractivity contribution < 1.29 is 0 Å². The minimum absolute atomic E-state index is 0.606. The van der Waals surface area contributed by atoms with Gasteiger partial charge in [0.15, 0.2) is 0 Å². The Morgan fingerprint density at radius 2 is 1.91 bits per heavy atom. The van der Waals surface area contributed by atoms with Crippen LogP contribution in [0.25, 0.3) is 10.9 Å². The van der Waals surface area contributed by atoms with Crippen molar-refractivity contribution in [3.8, 4) is 6.07 Å². The normalized spacial score (nSPS) is 16.3. The molecule has 5 heteroatoms. The number of nitriles is 1. The van der Waals surface area contributed by atoms with E-state index in [1.54, 1.807) is 6.33 Å². The summed E-state index contributed by atoms with van der Waals surface area (Å²) in [7, 11) is 0. The number of hydrogen-bond acceptors (Lipinski definition) is 5. The van der Waals surface area contributed by atoms with E-state index < -0.39 is 0 Å². The summed E-state index contributed by atoms with van der Waals surface area (Å²) in [6, 6.07) is 6.59. The molecule has 0 unspecified atom stereocenters. The third-order valence-corrected chi connectivity index (χ3v) is 4.66. The van der Waals surface area contributed by atoms with Gasteiger partial charge in [-0.1, -0.05) is 0 Å². The molecule has 2 aromatic rings. The average molecular weight is 309 g/mol. The molecule has 0 amide bonds. The number of aryl methyl sites for hydroxylation is 2. The van der Waals surface area contributed by atoms with Crippen molar-refractivity contribution in [2.45, 2.75) is 26.7 Å². The van der Waals surface area contributed by atoms with Gasteiger partial charge in [0, 0.05) is 38.0 Å². The topological polar surface area (TPSA) is 56.1 Å². The van der Waals surface area contributed by atoms with Crippen LogP contribution in [-0.4, -0.2) is 47.6 Å². The van der Waals surface area contributed by atoms with Crippen molar-refractivity contribution in [2.75, 3.05) is 37.6 Å². The predicted molar refractivity (Wildman–Crippen MR) is 92.5 cm³/mol. The van der Waals surface area contributed by atoms with Gasteiger partial charge in [-0.2, -0.15) is 5.26 Å². The van der Waals surface area contributed by atoms with E-state index in [9.17, 15) is 0 Å². The first-order chi connectivity index (χ1) is 11.2. The lowest BCUT2D eigenvalue weighted by atomic mass is 10.1. The van der Waals surface area contributed by atoms with E-state index in [1.165, 1.54) is 11.1 Å². The van der Waals surface area contributed by atoms with Crippen LogP contribution < -0.4 is 4.90 Å². The molecule has 2 heterocycles. The Morgan fingerprint density at radius 1 is 1.09 bits per heavy atom. The Labute approximate surface area is 137 Å². The van der Waals surface area contributed by atoms with Gasteiger partial charge in [-0.3, -0.25) is 0 Å². The van der Waals surface area contributed by atoms with E-state index in [1.807, 2.05) is 0 Å². The van der Waals surface area contributed by atoms with E-state index in [-0.39, 0.29) is 0 Å². The molecule has 0 atom stereocenters. The maximum absolute atomic E-state index is 8.76. The number of rotatable bonds is 3. The molecule has 120 valence electrons. The summed E-state index contributed by atoms with van der Waals surface area (Å²) in [5.74, 6) is 1.04. The summed E-state index contributed by atoms with van der Waals surface area (Å²) in [5, 5.41) is 9.90. The van der Waals surface area contributed by atoms with E-state index in [0.29, 0.717) is 6.42 Å². The summed E-state index contributed by atoms with van der Waals surface area (Å²) >= 11 is 0. The number of benzene rings is 1. The number of nitrogens with zero attached hydrogens (tertiary/aromatic N) is 5. The standard InChI is InChI=1S/C18H23N5/c1-14-11-16-17(12-15(14)2)20-13-21-18(16)23-8-4-7-22(9-10-23)6-3-5-19/h11-13H,3-4,6-10H2,1-2H3. The quantitative estimate of drug-likeness (QED) is 0.872. The van der Waals surface area contributed by atoms with Crippen molar-refractivity contribution in [2.24, 2.45) is 0 Å². The highest BCUT2D eigenvalue weighted by Crippen LogP contribution is 2.26. The monoisotopic (exact) mass is 309 g/mol. The molecule has 0 spiro atoms. The maximum atomic E-state index is 8.76. The Kier molecular flexibility index (Phi) is 4.73. The molecule has 1 aromatic carbocycles. The molecule has 1 fully saturated rings. The predicted octanol–water partition coefficient (Wildman–Crippen LogP) is 2.67. The Morgan fingerprint density at radius 3 is 2.74 bits per heavy atom. The number of anilines is 1. The van der Waals surface area contributed by atoms with Gasteiger partial charge in [-0.15, -0.1) is 0 Å². The molecular weight excluding hydrogens is 286 g/mol. The molecule has 1 aliphatic heterocycles. The summed E-state index contributed by atoms with van der Waals surface area (Å²) in [6.45, 7) is 9.12. The molecule has 0 saturated carbocycles. The van der Waals surface area contributed by atoms with Crippen LogP contribution in [0.15, 0.2) is 18.5 Å². The summed E-state index contributed by atoms with van der Waals surface area (Å²) < 4.78 is 0. The lowest BCUT2D eigenvalue weighted by molar-refractivity contribution is 0.300. The molecule has 0 N–H and O–H groups in total. The zero-order valence-corrected chi connectivity index (χ0v) is 13.9. The maximum Gasteiger partial charge on any atom is 0.139 e. The fraction of sp³-hybridized carbons (Fsp3) is 0.500. The van der Waals surface area contributed by atoms with Crippen LogP contribution in [0.3, 0.4) is 0 Å². The van der Waals surface area contributed by atoms with Crippen LogP contribution in [-0.2, 0) is 0 Å². The fourth-order valence-electron chi connectivity index (χ4n) is 3.17. The third-order valence-electron chi connectivity index (χ3n) is 4.66. The zero-order valence-electron chi connectivity index (χ0n) is 13.9. The first-order valence-electron chi connectivity index (χ1n) is 8.25. The minimum Gasteiger partial charge on any atom is -0.355 e. The van der Waals surface area contributed by atoms with Crippen LogP contribution in [0.2, 0.25) is 0 Å². The zero-order chi connectivity index (χ0) is 16.2. The van der Waals surface area contributed by atoms with Gasteiger partial charge < -0.3 is 9.80 Å². The largest absolute Gasteiger partial charge is 0.355 e. The molecule has 0 aliphatic carbocycles. The average Bonchev–Trinajstić information content (AvgIpc) is 2.79. The van der Waals surface area contributed by atoms with Gasteiger partial charge in [0.1, 0.15) is 12.1 Å². The summed E-state index contributed by atoms with van der Waals surface area (Å²) in [4.78, 5) is 13.8. The van der Waals surface area contributed by atoms with Gasteiger partial charge in [-0.05, 0) is 50.1 Å². The smallest absolute Gasteiger partial charge is 0.139 e. The minimum atomic E-state index is 0.606. The first-order valence-corrected chi connectivity index (χ1v) is 8.25. The highest BCUT2D eigenvalue weighted by atomic mass is 15.2. The molecule has 23 heavy (non-hydrogen) atoms. The third kappa shape index (κ3) is 3.43. The molecule has 1 aliphatic rings. The van der Waals surface area contributed by atoms with E-state index in [4.69, 9.17) is 5.26 Å². The summed E-state index contributed by atoms with van der Waals surface area (Å²) in [5.41, 5.74) is 3.56. The van der Waals surface area contributed by atoms with Gasteiger partial charge in [0.05, 0.1) is 11.6 Å². The molecule has 1 saturated heterocycles. The lowest BCUT2D eigenvalue weighted by Gasteiger charge is -2.23. The van der Waals surface area contributed by atoms with Crippen LogP contribution in [0.5, 0.6) is 0 Å². The Hall–Kier alpha value is -2.19. The summed E-state index contributed by atoms with van der Waals surface area (Å²) in [6.07, 6.45) is 3.38. The second-order valence-electron chi connectivity index (χ2n) is 6.24. The molecular formula is C18H23N5. The van der Waals surface area contributed by atoms with Gasteiger partial charge >= 0.3 is 0 Å². The highest BCUT2D eigenvalue weighted by molar-refractivity contribution is 5.90. The van der Waals surface area contributed by atoms with Gasteiger partial charge in [0.2, 0.25) is 0 Å². The fourth-order valence-corrected chi connectivity index (χ4v) is 3.17. The van der Waals surface area contributed by atoms with Crippen LogP contribution in [0.1, 0.15) is 24.0 Å². The van der Waals surface area contributed by atoms with E-state index in [2.05, 4.69) is 51.8 Å². The van der Waals surface area contributed by atoms with Crippen molar-refractivity contribution >= 4 is 16.7 Å². The van der Waals surface area contributed by atoms with Gasteiger partial charge in [-0.25, -0.2) is 9.97 Å². The molecule has 5 nitrogen and oxygen atoms in total. The number of fused-ring (bicyclic) bond motifs is 1. The molecule has 1 aromatic heterocycles. The molecule has 0 radical (unpaired) electrons. The molecule has 3 rings (SSSR count). The van der Waals surface area contributed by atoms with E-state index in [0.717, 1.165) is 55.9 Å².